The second kappa shape index (κ2) is 4.00. The maximum atomic E-state index is 11.3. The second-order valence-electron chi connectivity index (χ2n) is 3.02. The third-order valence-electron chi connectivity index (χ3n) is 2.08. The molecule has 5 nitrogen and oxygen atoms in total. The summed E-state index contributed by atoms with van der Waals surface area (Å²) in [6.07, 6.45) is 0. The molecule has 0 spiro atoms. The fraction of sp³-hybridized carbons (Fsp3) is 0.200. The van der Waals surface area contributed by atoms with Crippen molar-refractivity contribution >= 4 is 17.6 Å². The van der Waals surface area contributed by atoms with Crippen LogP contribution in [0.2, 0.25) is 0 Å². The van der Waals surface area contributed by atoms with Gasteiger partial charge in [0.15, 0.2) is 0 Å². The lowest BCUT2D eigenvalue weighted by Gasteiger charge is -2.09. The first-order valence-corrected chi connectivity index (χ1v) is 4.19. The van der Waals surface area contributed by atoms with Gasteiger partial charge in [-0.05, 0) is 18.6 Å². The first-order chi connectivity index (χ1) is 6.99. The van der Waals surface area contributed by atoms with Crippen LogP contribution in [-0.2, 0) is 4.74 Å². The minimum atomic E-state index is -1.21. The van der Waals surface area contributed by atoms with Crippen molar-refractivity contribution in [1.82, 2.24) is 0 Å². The molecule has 0 aliphatic rings. The van der Waals surface area contributed by atoms with Crippen molar-refractivity contribution in [2.75, 3.05) is 12.8 Å². The Morgan fingerprint density at radius 1 is 1.40 bits per heavy atom. The van der Waals surface area contributed by atoms with Gasteiger partial charge in [-0.1, -0.05) is 6.07 Å². The lowest BCUT2D eigenvalue weighted by molar-refractivity contribution is 0.0584. The van der Waals surface area contributed by atoms with E-state index >= 15 is 0 Å². The smallest absolute Gasteiger partial charge is 0.340 e. The summed E-state index contributed by atoms with van der Waals surface area (Å²) in [5.41, 5.74) is 6.17. The van der Waals surface area contributed by atoms with Gasteiger partial charge < -0.3 is 15.6 Å². The van der Waals surface area contributed by atoms with E-state index in [0.29, 0.717) is 5.56 Å². The fourth-order valence-corrected chi connectivity index (χ4v) is 1.22. The number of aromatic carboxylic acids is 1. The number of carbonyl (C=O) groups is 2. The van der Waals surface area contributed by atoms with Gasteiger partial charge in [-0.2, -0.15) is 0 Å². The number of nitrogens with two attached hydrogens (primary N) is 1. The van der Waals surface area contributed by atoms with Crippen LogP contribution in [0.25, 0.3) is 0 Å². The average Bonchev–Trinajstić information content (AvgIpc) is 2.20. The minimum absolute atomic E-state index is 0.0926. The molecule has 1 aromatic rings. The molecule has 0 bridgehead atoms. The Balaban J connectivity index is 3.48. The molecule has 0 atom stereocenters. The zero-order chi connectivity index (χ0) is 11.6. The third kappa shape index (κ3) is 1.90. The number of hydrogen-bond acceptors (Lipinski definition) is 4. The molecule has 0 amide bonds. The van der Waals surface area contributed by atoms with Crippen LogP contribution in [0, 0.1) is 6.92 Å². The molecule has 0 aromatic heterocycles. The maximum Gasteiger partial charge on any atom is 0.340 e. The van der Waals surface area contributed by atoms with Crippen molar-refractivity contribution in [3.8, 4) is 0 Å². The highest BCUT2D eigenvalue weighted by Crippen LogP contribution is 2.22. The van der Waals surface area contributed by atoms with Crippen LogP contribution in [0.3, 0.4) is 0 Å². The lowest BCUT2D eigenvalue weighted by atomic mass is 10.0. The summed E-state index contributed by atoms with van der Waals surface area (Å²) in [7, 11) is 1.18. The van der Waals surface area contributed by atoms with Gasteiger partial charge in [-0.25, -0.2) is 9.59 Å². The zero-order valence-electron chi connectivity index (χ0n) is 8.40. The molecule has 0 aliphatic heterocycles. The number of esters is 1. The highest BCUT2D eigenvalue weighted by atomic mass is 16.5. The van der Waals surface area contributed by atoms with E-state index in [1.807, 2.05) is 0 Å². The Hall–Kier alpha value is -2.04. The quantitative estimate of drug-likeness (QED) is 0.561. The fourth-order valence-electron chi connectivity index (χ4n) is 1.22. The average molecular weight is 209 g/mol. The molecule has 3 N–H and O–H groups in total. The van der Waals surface area contributed by atoms with Crippen LogP contribution in [0.1, 0.15) is 26.3 Å². The molecular formula is C10H11NO4. The van der Waals surface area contributed by atoms with Gasteiger partial charge in [-0.3, -0.25) is 0 Å². The molecule has 0 fully saturated rings. The van der Waals surface area contributed by atoms with Crippen LogP contribution in [0.5, 0.6) is 0 Å². The zero-order valence-corrected chi connectivity index (χ0v) is 8.40. The standard InChI is InChI=1S/C10H11NO4/c1-5-3-4-6(9(12)13)7(8(5)11)10(14)15-2/h3-4H,11H2,1-2H3,(H,12,13). The number of anilines is 1. The van der Waals surface area contributed by atoms with Gasteiger partial charge in [-0.15, -0.1) is 0 Å². The number of rotatable bonds is 2. The number of benzene rings is 1. The van der Waals surface area contributed by atoms with Crippen LogP contribution in [0.15, 0.2) is 12.1 Å². The minimum Gasteiger partial charge on any atom is -0.478 e. The van der Waals surface area contributed by atoms with Gasteiger partial charge in [0.05, 0.1) is 18.2 Å². The van der Waals surface area contributed by atoms with Crippen LogP contribution in [0.4, 0.5) is 5.69 Å². The first-order valence-electron chi connectivity index (χ1n) is 4.19. The van der Waals surface area contributed by atoms with E-state index in [4.69, 9.17) is 10.8 Å². The van der Waals surface area contributed by atoms with Crippen molar-refractivity contribution in [3.63, 3.8) is 0 Å². The van der Waals surface area contributed by atoms with Crippen molar-refractivity contribution in [2.45, 2.75) is 6.92 Å². The monoisotopic (exact) mass is 209 g/mol. The van der Waals surface area contributed by atoms with Crippen molar-refractivity contribution < 1.29 is 19.4 Å². The summed E-state index contributed by atoms with van der Waals surface area (Å²) >= 11 is 0. The van der Waals surface area contributed by atoms with E-state index in [0.717, 1.165) is 0 Å². The molecule has 5 heteroatoms. The molecule has 1 rings (SSSR count). The Bertz CT molecular complexity index is 426. The van der Waals surface area contributed by atoms with Gasteiger partial charge in [0.25, 0.3) is 0 Å². The number of ether oxygens (including phenoxy) is 1. The summed E-state index contributed by atoms with van der Waals surface area (Å²) in [5.74, 6) is -1.95. The van der Waals surface area contributed by atoms with E-state index < -0.39 is 11.9 Å². The van der Waals surface area contributed by atoms with Crippen molar-refractivity contribution in [3.05, 3.63) is 28.8 Å². The Labute approximate surface area is 86.5 Å². The molecule has 15 heavy (non-hydrogen) atoms. The van der Waals surface area contributed by atoms with E-state index in [1.165, 1.54) is 13.2 Å². The van der Waals surface area contributed by atoms with Crippen LogP contribution in [-0.4, -0.2) is 24.2 Å². The molecule has 0 unspecified atom stereocenters. The van der Waals surface area contributed by atoms with Gasteiger partial charge >= 0.3 is 11.9 Å². The lowest BCUT2D eigenvalue weighted by Crippen LogP contribution is -2.13. The molecule has 0 aliphatic carbocycles. The third-order valence-corrected chi connectivity index (χ3v) is 2.08. The maximum absolute atomic E-state index is 11.3. The van der Waals surface area contributed by atoms with Crippen LogP contribution < -0.4 is 5.73 Å². The summed E-state index contributed by atoms with van der Waals surface area (Å²) in [4.78, 5) is 22.2. The molecule has 0 radical (unpaired) electrons. The van der Waals surface area contributed by atoms with Gasteiger partial charge in [0.2, 0.25) is 0 Å². The van der Waals surface area contributed by atoms with E-state index in [2.05, 4.69) is 4.74 Å². The molecule has 0 saturated carbocycles. The van der Waals surface area contributed by atoms with Crippen LogP contribution >= 0.6 is 0 Å². The number of hydrogen-bond donors (Lipinski definition) is 2. The van der Waals surface area contributed by atoms with Gasteiger partial charge in [0.1, 0.15) is 0 Å². The number of aryl methyl sites for hydroxylation is 1. The largest absolute Gasteiger partial charge is 0.478 e. The van der Waals surface area contributed by atoms with Gasteiger partial charge in [0, 0.05) is 5.69 Å². The molecule has 0 saturated heterocycles. The number of carboxylic acid groups (broad SMARTS) is 1. The summed E-state index contributed by atoms with van der Waals surface area (Å²) in [6, 6.07) is 2.88. The number of carboxylic acids is 1. The highest BCUT2D eigenvalue weighted by Gasteiger charge is 2.21. The predicted octanol–water partition coefficient (Wildman–Crippen LogP) is 1.06. The Morgan fingerprint density at radius 3 is 2.47 bits per heavy atom. The highest BCUT2D eigenvalue weighted by molar-refractivity contribution is 6.06. The second-order valence-corrected chi connectivity index (χ2v) is 3.02. The molecular weight excluding hydrogens is 198 g/mol. The topological polar surface area (TPSA) is 89.6 Å². The predicted molar refractivity (Wildman–Crippen MR) is 53.9 cm³/mol. The van der Waals surface area contributed by atoms with E-state index in [1.54, 1.807) is 13.0 Å². The SMILES string of the molecule is COC(=O)c1c(C(=O)O)ccc(C)c1N. The molecule has 80 valence electrons. The van der Waals surface area contributed by atoms with Crippen molar-refractivity contribution in [1.29, 1.82) is 0 Å². The Morgan fingerprint density at radius 2 is 2.00 bits per heavy atom. The Kier molecular flexibility index (Phi) is 2.94. The number of methoxy groups -OCH3 is 1. The molecule has 0 heterocycles. The number of carbonyl (C=O) groups excluding carboxylic acids is 1. The summed E-state index contributed by atoms with van der Waals surface area (Å²) in [5, 5.41) is 8.86. The molecule has 1 aromatic carbocycles. The number of nitrogen functional groups attached to an aromatic ring is 1. The van der Waals surface area contributed by atoms with E-state index in [-0.39, 0.29) is 16.8 Å². The summed E-state index contributed by atoms with van der Waals surface area (Å²) < 4.78 is 4.48. The first kappa shape index (κ1) is 11.0. The van der Waals surface area contributed by atoms with E-state index in [9.17, 15) is 9.59 Å². The normalized spacial score (nSPS) is 9.73. The van der Waals surface area contributed by atoms with Crippen molar-refractivity contribution in [2.24, 2.45) is 0 Å². The summed E-state index contributed by atoms with van der Waals surface area (Å²) in [6.45, 7) is 1.69.